The summed E-state index contributed by atoms with van der Waals surface area (Å²) in [6.45, 7) is 12.4. The number of carbonyl (C=O) groups is 1. The van der Waals surface area contributed by atoms with Crippen LogP contribution in [0.1, 0.15) is 58.6 Å². The molecule has 3 nitrogen and oxygen atoms in total. The van der Waals surface area contributed by atoms with Crippen molar-refractivity contribution in [2.24, 2.45) is 0 Å². The fourth-order valence-corrected chi connectivity index (χ4v) is 1.68. The van der Waals surface area contributed by atoms with E-state index in [9.17, 15) is 4.79 Å². The van der Waals surface area contributed by atoms with Gasteiger partial charge in [0.25, 0.3) is 0 Å². The Bertz CT molecular complexity index is 498. The first-order valence-electron chi connectivity index (χ1n) is 8.74. The van der Waals surface area contributed by atoms with Gasteiger partial charge in [-0.25, -0.2) is 0 Å². The molecule has 0 aliphatic carbocycles. The van der Waals surface area contributed by atoms with Gasteiger partial charge < -0.3 is 5.32 Å². The molecular formula is C21H34N2O. The lowest BCUT2D eigenvalue weighted by Crippen LogP contribution is -2.04. The van der Waals surface area contributed by atoms with Crippen molar-refractivity contribution in [2.45, 2.75) is 54.0 Å². The average molecular weight is 331 g/mol. The van der Waals surface area contributed by atoms with E-state index in [1.165, 1.54) is 5.56 Å². The van der Waals surface area contributed by atoms with Crippen molar-refractivity contribution in [2.75, 3.05) is 7.05 Å². The van der Waals surface area contributed by atoms with Crippen LogP contribution in [-0.2, 0) is 11.3 Å². The van der Waals surface area contributed by atoms with Crippen molar-refractivity contribution in [1.82, 2.24) is 10.3 Å². The zero-order valence-corrected chi connectivity index (χ0v) is 16.3. The maximum Gasteiger partial charge on any atom is 0.136 e. The molecule has 1 aromatic carbocycles. The Balaban J connectivity index is 0. The first kappa shape index (κ1) is 24.3. The standard InChI is InChI=1S/C10H12O.C7H10N2.2C2H6/c1-8(9(2)11)10-6-4-3-5-7-10;1-8-5-7-3-2-4-9-6-7;2*1-2/h3-8H,1-2H3;2-4,6,8H,5H2,1H3;2*1-2H3. The monoisotopic (exact) mass is 330 g/mol. The number of hydrogen-bond donors (Lipinski definition) is 1. The van der Waals surface area contributed by atoms with Gasteiger partial charge >= 0.3 is 0 Å². The molecule has 0 saturated heterocycles. The molecule has 0 amide bonds. The highest BCUT2D eigenvalue weighted by molar-refractivity contribution is 5.82. The zero-order valence-electron chi connectivity index (χ0n) is 16.3. The molecule has 1 aromatic heterocycles. The van der Waals surface area contributed by atoms with Crippen LogP contribution in [0.25, 0.3) is 0 Å². The number of nitrogens with zero attached hydrogens (tertiary/aromatic N) is 1. The summed E-state index contributed by atoms with van der Waals surface area (Å²) in [7, 11) is 1.92. The summed E-state index contributed by atoms with van der Waals surface area (Å²) in [6, 6.07) is 13.8. The minimum absolute atomic E-state index is 0.0381. The normalized spacial score (nSPS) is 9.79. The van der Waals surface area contributed by atoms with E-state index in [0.717, 1.165) is 12.1 Å². The number of ketones is 1. The molecule has 0 saturated carbocycles. The van der Waals surface area contributed by atoms with Crippen LogP contribution in [0.2, 0.25) is 0 Å². The summed E-state index contributed by atoms with van der Waals surface area (Å²) in [6.07, 6.45) is 3.63. The Morgan fingerprint density at radius 1 is 1.04 bits per heavy atom. The second-order valence-electron chi connectivity index (χ2n) is 4.63. The van der Waals surface area contributed by atoms with E-state index in [1.807, 2.05) is 90.3 Å². The van der Waals surface area contributed by atoms with Gasteiger partial charge in [0.05, 0.1) is 0 Å². The molecule has 1 atom stereocenters. The number of pyridine rings is 1. The van der Waals surface area contributed by atoms with E-state index in [1.54, 1.807) is 13.1 Å². The van der Waals surface area contributed by atoms with E-state index in [4.69, 9.17) is 0 Å². The zero-order chi connectivity index (χ0) is 18.8. The first-order valence-corrected chi connectivity index (χ1v) is 8.74. The number of nitrogens with one attached hydrogen (secondary N) is 1. The van der Waals surface area contributed by atoms with Crippen molar-refractivity contribution in [1.29, 1.82) is 0 Å². The summed E-state index contributed by atoms with van der Waals surface area (Å²) in [4.78, 5) is 14.9. The Labute approximate surface area is 148 Å². The highest BCUT2D eigenvalue weighted by Gasteiger charge is 2.08. The Morgan fingerprint density at radius 2 is 1.62 bits per heavy atom. The van der Waals surface area contributed by atoms with Gasteiger partial charge in [-0.3, -0.25) is 9.78 Å². The van der Waals surface area contributed by atoms with Crippen LogP contribution < -0.4 is 5.32 Å². The van der Waals surface area contributed by atoms with Crippen molar-refractivity contribution in [3.05, 3.63) is 66.0 Å². The lowest BCUT2D eigenvalue weighted by molar-refractivity contribution is -0.118. The second kappa shape index (κ2) is 17.4. The Hall–Kier alpha value is -2.00. The molecule has 0 radical (unpaired) electrons. The highest BCUT2D eigenvalue weighted by atomic mass is 16.1. The summed E-state index contributed by atoms with van der Waals surface area (Å²) in [5.41, 5.74) is 2.32. The molecular weight excluding hydrogens is 296 g/mol. The van der Waals surface area contributed by atoms with Crippen LogP contribution in [0.4, 0.5) is 0 Å². The summed E-state index contributed by atoms with van der Waals surface area (Å²) < 4.78 is 0. The lowest BCUT2D eigenvalue weighted by atomic mass is 9.98. The van der Waals surface area contributed by atoms with Crippen molar-refractivity contribution in [3.8, 4) is 0 Å². The summed E-state index contributed by atoms with van der Waals surface area (Å²) in [5.74, 6) is 0.257. The SMILES string of the molecule is CC.CC.CC(=O)C(C)c1ccccc1.CNCc1cccnc1. The first-order chi connectivity index (χ1) is 11.6. The fourth-order valence-electron chi connectivity index (χ4n) is 1.68. The molecule has 1 heterocycles. The molecule has 0 bridgehead atoms. The molecule has 134 valence electrons. The van der Waals surface area contributed by atoms with Crippen LogP contribution in [0, 0.1) is 0 Å². The molecule has 24 heavy (non-hydrogen) atoms. The van der Waals surface area contributed by atoms with Gasteiger partial charge in [-0.1, -0.05) is 71.0 Å². The minimum Gasteiger partial charge on any atom is -0.316 e. The molecule has 0 aliphatic rings. The number of rotatable bonds is 4. The minimum atomic E-state index is 0.0381. The molecule has 0 aliphatic heterocycles. The van der Waals surface area contributed by atoms with Crippen LogP contribution in [-0.4, -0.2) is 17.8 Å². The van der Waals surface area contributed by atoms with Gasteiger partial charge in [0, 0.05) is 24.9 Å². The third-order valence-electron chi connectivity index (χ3n) is 3.01. The number of aromatic nitrogens is 1. The summed E-state index contributed by atoms with van der Waals surface area (Å²) in [5, 5.41) is 3.04. The molecule has 1 N–H and O–H groups in total. The van der Waals surface area contributed by atoms with Crippen LogP contribution in [0.3, 0.4) is 0 Å². The predicted molar refractivity (Wildman–Crippen MR) is 105 cm³/mol. The van der Waals surface area contributed by atoms with E-state index in [2.05, 4.69) is 10.3 Å². The number of carbonyl (C=O) groups excluding carboxylic acids is 1. The molecule has 2 rings (SSSR count). The quantitative estimate of drug-likeness (QED) is 0.834. The molecule has 0 fully saturated rings. The van der Waals surface area contributed by atoms with Gasteiger partial charge in [0.15, 0.2) is 0 Å². The van der Waals surface area contributed by atoms with Crippen LogP contribution in [0.5, 0.6) is 0 Å². The number of benzene rings is 1. The van der Waals surface area contributed by atoms with Crippen molar-refractivity contribution >= 4 is 5.78 Å². The van der Waals surface area contributed by atoms with Crippen LogP contribution >= 0.6 is 0 Å². The van der Waals surface area contributed by atoms with Gasteiger partial charge in [0.1, 0.15) is 5.78 Å². The molecule has 0 spiro atoms. The third kappa shape index (κ3) is 11.6. The highest BCUT2D eigenvalue weighted by Crippen LogP contribution is 2.14. The van der Waals surface area contributed by atoms with Gasteiger partial charge in [0.2, 0.25) is 0 Å². The maximum atomic E-state index is 10.9. The lowest BCUT2D eigenvalue weighted by Gasteiger charge is -2.05. The largest absolute Gasteiger partial charge is 0.316 e. The molecule has 1 unspecified atom stereocenters. The Morgan fingerprint density at radius 3 is 2.04 bits per heavy atom. The summed E-state index contributed by atoms with van der Waals surface area (Å²) >= 11 is 0. The van der Waals surface area contributed by atoms with Gasteiger partial charge in [-0.2, -0.15) is 0 Å². The number of hydrogen-bond acceptors (Lipinski definition) is 3. The molecule has 2 aromatic rings. The number of Topliss-reactive ketones (excluding diaryl/α,β-unsaturated/α-hetero) is 1. The van der Waals surface area contributed by atoms with Gasteiger partial charge in [-0.15, -0.1) is 0 Å². The van der Waals surface area contributed by atoms with E-state index in [-0.39, 0.29) is 11.7 Å². The van der Waals surface area contributed by atoms with Crippen molar-refractivity contribution in [3.63, 3.8) is 0 Å². The molecule has 3 heteroatoms. The smallest absolute Gasteiger partial charge is 0.136 e. The van der Waals surface area contributed by atoms with Crippen molar-refractivity contribution < 1.29 is 4.79 Å². The third-order valence-corrected chi connectivity index (χ3v) is 3.01. The van der Waals surface area contributed by atoms with Crippen LogP contribution in [0.15, 0.2) is 54.9 Å². The predicted octanol–water partition coefficient (Wildman–Crippen LogP) is 5.23. The topological polar surface area (TPSA) is 42.0 Å². The maximum absolute atomic E-state index is 10.9. The Kier molecular flexibility index (Phi) is 17.5. The second-order valence-corrected chi connectivity index (χ2v) is 4.63. The van der Waals surface area contributed by atoms with E-state index in [0.29, 0.717) is 0 Å². The average Bonchev–Trinajstić information content (AvgIpc) is 2.67. The van der Waals surface area contributed by atoms with Gasteiger partial charge in [-0.05, 0) is 31.2 Å². The van der Waals surface area contributed by atoms with E-state index < -0.39 is 0 Å². The van der Waals surface area contributed by atoms with E-state index >= 15 is 0 Å². The fraction of sp³-hybridized carbons (Fsp3) is 0.429.